The second-order valence-corrected chi connectivity index (χ2v) is 8.92. The highest BCUT2D eigenvalue weighted by molar-refractivity contribution is 7.13. The van der Waals surface area contributed by atoms with Crippen LogP contribution in [-0.2, 0) is 16.1 Å². The number of esters is 1. The predicted octanol–water partition coefficient (Wildman–Crippen LogP) is 5.84. The third kappa shape index (κ3) is 4.27. The van der Waals surface area contributed by atoms with Gasteiger partial charge in [0.25, 0.3) is 5.91 Å². The average molecular weight is 491 g/mol. The fraction of sp³-hybridized carbons (Fsp3) is 0.115. The number of carbonyl (C=O) groups is 2. The number of halogens is 1. The second kappa shape index (κ2) is 9.29. The quantitative estimate of drug-likeness (QED) is 0.328. The summed E-state index contributed by atoms with van der Waals surface area (Å²) in [5.41, 5.74) is 4.57. The number of ether oxygens (including phenoxy) is 2. The van der Waals surface area contributed by atoms with Crippen LogP contribution in [0.15, 0.2) is 72.1 Å². The van der Waals surface area contributed by atoms with E-state index in [4.69, 9.17) is 26.1 Å². The standard InChI is InChI=1S/C26H19ClN2O4S/c1-32-26(31)17-8-6-16(7-9-17)13-29-22-12-18(10-11-23(22)33-14-24(29)30)21-15-34-25(28-21)19-4-2-3-5-20(19)27/h2-12,15H,13-14H2,1H3. The van der Waals surface area contributed by atoms with Crippen LogP contribution in [0, 0.1) is 0 Å². The molecule has 4 aromatic rings. The monoisotopic (exact) mass is 490 g/mol. The second-order valence-electron chi connectivity index (χ2n) is 7.66. The lowest BCUT2D eigenvalue weighted by atomic mass is 10.1. The first-order chi connectivity index (χ1) is 16.5. The largest absolute Gasteiger partial charge is 0.482 e. The summed E-state index contributed by atoms with van der Waals surface area (Å²) >= 11 is 7.85. The molecular formula is C26H19ClN2O4S. The summed E-state index contributed by atoms with van der Waals surface area (Å²) in [7, 11) is 1.34. The van der Waals surface area contributed by atoms with Crippen LogP contribution in [-0.4, -0.2) is 30.6 Å². The fourth-order valence-corrected chi connectivity index (χ4v) is 4.90. The van der Waals surface area contributed by atoms with E-state index in [0.29, 0.717) is 28.6 Å². The van der Waals surface area contributed by atoms with Crippen molar-refractivity contribution in [1.29, 1.82) is 0 Å². The van der Waals surface area contributed by atoms with Crippen molar-refractivity contribution in [2.24, 2.45) is 0 Å². The normalized spacial score (nSPS) is 12.8. The van der Waals surface area contributed by atoms with Crippen molar-refractivity contribution in [3.8, 4) is 27.6 Å². The molecule has 3 aromatic carbocycles. The van der Waals surface area contributed by atoms with E-state index in [0.717, 1.165) is 27.4 Å². The minimum Gasteiger partial charge on any atom is -0.482 e. The molecule has 6 nitrogen and oxygen atoms in total. The van der Waals surface area contributed by atoms with Gasteiger partial charge in [-0.15, -0.1) is 11.3 Å². The first kappa shape index (κ1) is 22.1. The lowest BCUT2D eigenvalue weighted by Crippen LogP contribution is -2.38. The van der Waals surface area contributed by atoms with Gasteiger partial charge in [-0.2, -0.15) is 0 Å². The molecule has 5 rings (SSSR count). The van der Waals surface area contributed by atoms with Crippen LogP contribution in [0.3, 0.4) is 0 Å². The van der Waals surface area contributed by atoms with Gasteiger partial charge < -0.3 is 14.4 Å². The Labute approximate surface area is 205 Å². The first-order valence-electron chi connectivity index (χ1n) is 10.5. The molecule has 170 valence electrons. The molecule has 34 heavy (non-hydrogen) atoms. The molecule has 2 heterocycles. The number of rotatable bonds is 5. The first-order valence-corrected chi connectivity index (χ1v) is 11.7. The number of amides is 1. The van der Waals surface area contributed by atoms with Gasteiger partial charge >= 0.3 is 5.97 Å². The van der Waals surface area contributed by atoms with Gasteiger partial charge in [-0.25, -0.2) is 9.78 Å². The van der Waals surface area contributed by atoms with Gasteiger partial charge in [0.15, 0.2) is 6.61 Å². The van der Waals surface area contributed by atoms with Gasteiger partial charge in [-0.05, 0) is 42.0 Å². The number of aromatic nitrogens is 1. The number of methoxy groups -OCH3 is 1. The molecule has 1 aromatic heterocycles. The zero-order valence-electron chi connectivity index (χ0n) is 18.2. The summed E-state index contributed by atoms with van der Waals surface area (Å²) in [4.78, 5) is 30.9. The molecule has 0 fully saturated rings. The number of hydrogen-bond acceptors (Lipinski definition) is 6. The Morgan fingerprint density at radius 3 is 2.71 bits per heavy atom. The Morgan fingerprint density at radius 1 is 1.15 bits per heavy atom. The summed E-state index contributed by atoms with van der Waals surface area (Å²) in [6.45, 7) is 0.321. The maximum atomic E-state index is 12.8. The summed E-state index contributed by atoms with van der Waals surface area (Å²) < 4.78 is 10.4. The van der Waals surface area contributed by atoms with E-state index < -0.39 is 5.97 Å². The molecule has 0 N–H and O–H groups in total. The summed E-state index contributed by atoms with van der Waals surface area (Å²) in [5, 5.41) is 3.45. The molecule has 0 aliphatic carbocycles. The molecule has 1 aliphatic heterocycles. The van der Waals surface area contributed by atoms with Crippen molar-refractivity contribution in [3.05, 3.63) is 88.3 Å². The van der Waals surface area contributed by atoms with Gasteiger partial charge in [0.2, 0.25) is 0 Å². The molecule has 1 amide bonds. The molecule has 8 heteroatoms. The Balaban J connectivity index is 1.45. The summed E-state index contributed by atoms with van der Waals surface area (Å²) in [5.74, 6) is 0.0937. The van der Waals surface area contributed by atoms with Crippen LogP contribution in [0.1, 0.15) is 15.9 Å². The van der Waals surface area contributed by atoms with Gasteiger partial charge in [0, 0.05) is 16.5 Å². The number of thiazole rings is 1. The minimum absolute atomic E-state index is 0.0278. The van der Waals surface area contributed by atoms with E-state index in [9.17, 15) is 9.59 Å². The third-order valence-electron chi connectivity index (χ3n) is 5.52. The Kier molecular flexibility index (Phi) is 6.04. The molecule has 0 saturated carbocycles. The average Bonchev–Trinajstić information content (AvgIpc) is 3.36. The number of benzene rings is 3. The van der Waals surface area contributed by atoms with Gasteiger partial charge in [-0.3, -0.25) is 4.79 Å². The van der Waals surface area contributed by atoms with Crippen LogP contribution < -0.4 is 9.64 Å². The maximum Gasteiger partial charge on any atom is 0.337 e. The van der Waals surface area contributed by atoms with Gasteiger partial charge in [0.05, 0.1) is 35.6 Å². The van der Waals surface area contributed by atoms with Crippen molar-refractivity contribution in [3.63, 3.8) is 0 Å². The van der Waals surface area contributed by atoms with E-state index in [1.54, 1.807) is 17.0 Å². The lowest BCUT2D eigenvalue weighted by molar-refractivity contribution is -0.121. The number of hydrogen-bond donors (Lipinski definition) is 0. The Morgan fingerprint density at radius 2 is 1.94 bits per heavy atom. The van der Waals surface area contributed by atoms with Crippen LogP contribution >= 0.6 is 22.9 Å². The van der Waals surface area contributed by atoms with E-state index in [2.05, 4.69) is 0 Å². The third-order valence-corrected chi connectivity index (χ3v) is 6.73. The molecule has 0 saturated heterocycles. The fourth-order valence-electron chi connectivity index (χ4n) is 3.75. The van der Waals surface area contributed by atoms with E-state index in [1.807, 2.05) is 60.0 Å². The predicted molar refractivity (Wildman–Crippen MR) is 132 cm³/mol. The smallest absolute Gasteiger partial charge is 0.337 e. The van der Waals surface area contributed by atoms with Crippen molar-refractivity contribution < 1.29 is 19.1 Å². The highest BCUT2D eigenvalue weighted by Crippen LogP contribution is 2.38. The number of fused-ring (bicyclic) bond motifs is 1. The van der Waals surface area contributed by atoms with Gasteiger partial charge in [0.1, 0.15) is 10.8 Å². The van der Waals surface area contributed by atoms with Crippen molar-refractivity contribution in [1.82, 2.24) is 4.98 Å². The molecule has 0 bridgehead atoms. The lowest BCUT2D eigenvalue weighted by Gasteiger charge is -2.30. The zero-order valence-corrected chi connectivity index (χ0v) is 19.7. The van der Waals surface area contributed by atoms with Crippen molar-refractivity contribution in [2.75, 3.05) is 18.6 Å². The number of anilines is 1. The summed E-state index contributed by atoms with van der Waals surface area (Å²) in [6, 6.07) is 20.3. The van der Waals surface area contributed by atoms with Crippen LogP contribution in [0.2, 0.25) is 5.02 Å². The van der Waals surface area contributed by atoms with E-state index in [1.165, 1.54) is 18.4 Å². The maximum absolute atomic E-state index is 12.8. The molecule has 0 atom stereocenters. The molecular weight excluding hydrogens is 472 g/mol. The molecule has 0 unspecified atom stereocenters. The van der Waals surface area contributed by atoms with Crippen LogP contribution in [0.5, 0.6) is 5.75 Å². The Bertz CT molecular complexity index is 1380. The highest BCUT2D eigenvalue weighted by Gasteiger charge is 2.26. The van der Waals surface area contributed by atoms with Crippen molar-refractivity contribution >= 4 is 40.5 Å². The number of nitrogens with zero attached hydrogens (tertiary/aromatic N) is 2. The zero-order chi connectivity index (χ0) is 23.7. The molecule has 0 radical (unpaired) electrons. The van der Waals surface area contributed by atoms with Crippen LogP contribution in [0.4, 0.5) is 5.69 Å². The Hall–Kier alpha value is -3.68. The molecule has 0 spiro atoms. The van der Waals surface area contributed by atoms with Crippen molar-refractivity contribution in [2.45, 2.75) is 6.54 Å². The summed E-state index contributed by atoms with van der Waals surface area (Å²) in [6.07, 6.45) is 0. The topological polar surface area (TPSA) is 68.7 Å². The number of carbonyl (C=O) groups excluding carboxylic acids is 2. The highest BCUT2D eigenvalue weighted by atomic mass is 35.5. The van der Waals surface area contributed by atoms with E-state index >= 15 is 0 Å². The SMILES string of the molecule is COC(=O)c1ccc(CN2C(=O)COc3ccc(-c4csc(-c5ccccc5Cl)n4)cc32)cc1. The van der Waals surface area contributed by atoms with Gasteiger partial charge in [-0.1, -0.05) is 41.9 Å². The minimum atomic E-state index is -0.400. The molecule has 1 aliphatic rings. The van der Waals surface area contributed by atoms with E-state index in [-0.39, 0.29) is 12.5 Å². The van der Waals surface area contributed by atoms with Crippen LogP contribution in [0.25, 0.3) is 21.8 Å².